The van der Waals surface area contributed by atoms with Crippen molar-refractivity contribution in [2.75, 3.05) is 17.3 Å². The molecule has 6 nitrogen and oxygen atoms in total. The molecule has 6 heteroatoms. The molecule has 168 valence electrons. The molecule has 1 aliphatic heterocycles. The number of anilines is 2. The van der Waals surface area contributed by atoms with Crippen LogP contribution in [-0.2, 0) is 9.59 Å². The van der Waals surface area contributed by atoms with Crippen LogP contribution in [0.15, 0.2) is 78.9 Å². The van der Waals surface area contributed by atoms with E-state index in [0.29, 0.717) is 29.1 Å². The normalized spacial score (nSPS) is 18.0. The predicted molar refractivity (Wildman–Crippen MR) is 127 cm³/mol. The maximum absolute atomic E-state index is 13.5. The van der Waals surface area contributed by atoms with Gasteiger partial charge in [-0.05, 0) is 55.3 Å². The van der Waals surface area contributed by atoms with Crippen LogP contribution in [0.5, 0.6) is 5.75 Å². The number of methoxy groups -OCH3 is 1. The molecule has 1 heterocycles. The summed E-state index contributed by atoms with van der Waals surface area (Å²) in [5.41, 5.74) is 2.70. The molecule has 0 aromatic heterocycles. The summed E-state index contributed by atoms with van der Waals surface area (Å²) in [6, 6.07) is 23.3. The van der Waals surface area contributed by atoms with Gasteiger partial charge in [-0.2, -0.15) is 0 Å². The lowest BCUT2D eigenvalue weighted by Gasteiger charge is -2.41. The van der Waals surface area contributed by atoms with Crippen LogP contribution in [0.4, 0.5) is 11.4 Å². The van der Waals surface area contributed by atoms with Gasteiger partial charge < -0.3 is 15.0 Å². The molecule has 0 saturated carbocycles. The first-order valence-electron chi connectivity index (χ1n) is 10.9. The van der Waals surface area contributed by atoms with Crippen LogP contribution in [0.25, 0.3) is 0 Å². The lowest BCUT2D eigenvalue weighted by Crippen LogP contribution is -2.46. The van der Waals surface area contributed by atoms with Crippen molar-refractivity contribution in [3.05, 3.63) is 90.0 Å². The van der Waals surface area contributed by atoms with E-state index in [4.69, 9.17) is 4.74 Å². The summed E-state index contributed by atoms with van der Waals surface area (Å²) in [6.45, 7) is 1.49. The van der Waals surface area contributed by atoms with Gasteiger partial charge in [-0.15, -0.1) is 0 Å². The van der Waals surface area contributed by atoms with E-state index in [9.17, 15) is 14.4 Å². The third-order valence-corrected chi connectivity index (χ3v) is 5.96. The van der Waals surface area contributed by atoms with Crippen molar-refractivity contribution >= 4 is 29.0 Å². The molecule has 2 amide bonds. The number of nitrogens with zero attached hydrogens (tertiary/aromatic N) is 1. The second-order valence-corrected chi connectivity index (χ2v) is 8.09. The van der Waals surface area contributed by atoms with Crippen LogP contribution in [0.3, 0.4) is 0 Å². The van der Waals surface area contributed by atoms with Crippen LogP contribution in [0.2, 0.25) is 0 Å². The number of ketones is 1. The minimum atomic E-state index is -0.465. The van der Waals surface area contributed by atoms with Crippen molar-refractivity contribution in [2.45, 2.75) is 25.8 Å². The summed E-state index contributed by atoms with van der Waals surface area (Å²) >= 11 is 0. The zero-order chi connectivity index (χ0) is 23.4. The van der Waals surface area contributed by atoms with E-state index in [1.807, 2.05) is 54.6 Å². The minimum absolute atomic E-state index is 0.0309. The molecular weight excluding hydrogens is 416 g/mol. The monoisotopic (exact) mass is 442 g/mol. The third-order valence-electron chi connectivity index (χ3n) is 5.96. The predicted octanol–water partition coefficient (Wildman–Crippen LogP) is 5.02. The lowest BCUT2D eigenvalue weighted by atomic mass is 9.83. The fraction of sp³-hybridized carbons (Fsp3) is 0.222. The van der Waals surface area contributed by atoms with Crippen molar-refractivity contribution in [3.8, 4) is 5.75 Å². The smallest absolute Gasteiger partial charge is 0.229 e. The van der Waals surface area contributed by atoms with Gasteiger partial charge in [-0.3, -0.25) is 14.4 Å². The summed E-state index contributed by atoms with van der Waals surface area (Å²) in [5.74, 6) is -0.0540. The highest BCUT2D eigenvalue weighted by molar-refractivity contribution is 6.01. The first-order valence-corrected chi connectivity index (χ1v) is 10.9. The summed E-state index contributed by atoms with van der Waals surface area (Å²) < 4.78 is 5.26. The van der Waals surface area contributed by atoms with Gasteiger partial charge in [0.05, 0.1) is 19.1 Å². The Labute approximate surface area is 193 Å². The van der Waals surface area contributed by atoms with E-state index in [2.05, 4.69) is 5.32 Å². The van der Waals surface area contributed by atoms with Crippen molar-refractivity contribution in [1.82, 2.24) is 0 Å². The number of hydrogen-bond donors (Lipinski definition) is 1. The zero-order valence-electron chi connectivity index (χ0n) is 18.7. The lowest BCUT2D eigenvalue weighted by molar-refractivity contribution is -0.125. The largest absolute Gasteiger partial charge is 0.497 e. The maximum Gasteiger partial charge on any atom is 0.229 e. The summed E-state index contributed by atoms with van der Waals surface area (Å²) in [6.07, 6.45) is 0.699. The van der Waals surface area contributed by atoms with Crippen LogP contribution in [0.1, 0.15) is 41.7 Å². The Morgan fingerprint density at radius 1 is 0.970 bits per heavy atom. The van der Waals surface area contributed by atoms with Crippen LogP contribution < -0.4 is 15.0 Å². The Hall–Kier alpha value is -3.93. The highest BCUT2D eigenvalue weighted by Crippen LogP contribution is 2.40. The number of piperidine rings is 1. The number of benzene rings is 3. The molecule has 1 N–H and O–H groups in total. The molecule has 0 unspecified atom stereocenters. The molecule has 0 bridgehead atoms. The molecule has 1 fully saturated rings. The minimum Gasteiger partial charge on any atom is -0.497 e. The van der Waals surface area contributed by atoms with E-state index >= 15 is 0 Å². The van der Waals surface area contributed by atoms with Crippen molar-refractivity contribution in [3.63, 3.8) is 0 Å². The number of Topliss-reactive ketones (excluding diaryl/α,β-unsaturated/α-hetero) is 1. The van der Waals surface area contributed by atoms with Crippen molar-refractivity contribution in [2.24, 2.45) is 5.92 Å². The number of ether oxygens (including phenoxy) is 1. The molecule has 1 aliphatic rings. The number of carbonyl (C=O) groups is 3. The van der Waals surface area contributed by atoms with Gasteiger partial charge in [0.25, 0.3) is 0 Å². The van der Waals surface area contributed by atoms with E-state index in [0.717, 1.165) is 5.56 Å². The number of hydrogen-bond acceptors (Lipinski definition) is 4. The number of amides is 2. The fourth-order valence-electron chi connectivity index (χ4n) is 4.30. The Morgan fingerprint density at radius 3 is 2.36 bits per heavy atom. The molecule has 3 aromatic rings. The van der Waals surface area contributed by atoms with Crippen molar-refractivity contribution in [1.29, 1.82) is 0 Å². The fourth-order valence-corrected chi connectivity index (χ4v) is 4.30. The second-order valence-electron chi connectivity index (χ2n) is 8.09. The molecule has 0 radical (unpaired) electrons. The first-order chi connectivity index (χ1) is 16.0. The van der Waals surface area contributed by atoms with Crippen LogP contribution in [0, 0.1) is 5.92 Å². The highest BCUT2D eigenvalue weighted by Gasteiger charge is 2.41. The highest BCUT2D eigenvalue weighted by atomic mass is 16.5. The van der Waals surface area contributed by atoms with E-state index in [1.165, 1.54) is 6.92 Å². The third kappa shape index (κ3) is 4.80. The molecule has 0 aliphatic carbocycles. The van der Waals surface area contributed by atoms with Gasteiger partial charge in [0.1, 0.15) is 5.75 Å². The summed E-state index contributed by atoms with van der Waals surface area (Å²) in [7, 11) is 1.59. The average molecular weight is 443 g/mol. The van der Waals surface area contributed by atoms with Gasteiger partial charge in [-0.25, -0.2) is 0 Å². The Kier molecular flexibility index (Phi) is 6.54. The molecule has 0 spiro atoms. The van der Waals surface area contributed by atoms with Gasteiger partial charge >= 0.3 is 0 Å². The molecular formula is C27H26N2O4. The quantitative estimate of drug-likeness (QED) is 0.544. The maximum atomic E-state index is 13.5. The number of nitrogens with one attached hydrogen (secondary N) is 1. The van der Waals surface area contributed by atoms with Gasteiger partial charge in [0, 0.05) is 23.4 Å². The molecule has 3 aromatic carbocycles. The van der Waals surface area contributed by atoms with Gasteiger partial charge in [0.15, 0.2) is 5.78 Å². The van der Waals surface area contributed by atoms with E-state index in [1.54, 1.807) is 36.3 Å². The zero-order valence-corrected chi connectivity index (χ0v) is 18.7. The molecule has 33 heavy (non-hydrogen) atoms. The number of carbonyl (C=O) groups excluding carboxylic acids is 3. The summed E-state index contributed by atoms with van der Waals surface area (Å²) in [4.78, 5) is 40.0. The van der Waals surface area contributed by atoms with Crippen molar-refractivity contribution < 1.29 is 19.1 Å². The van der Waals surface area contributed by atoms with Gasteiger partial charge in [0.2, 0.25) is 11.8 Å². The van der Waals surface area contributed by atoms with Gasteiger partial charge in [-0.1, -0.05) is 42.5 Å². The molecule has 1 saturated heterocycles. The van der Waals surface area contributed by atoms with Crippen LogP contribution in [-0.4, -0.2) is 24.7 Å². The Balaban J connectivity index is 1.70. The Morgan fingerprint density at radius 2 is 1.70 bits per heavy atom. The van der Waals surface area contributed by atoms with E-state index < -0.39 is 12.0 Å². The van der Waals surface area contributed by atoms with E-state index in [-0.39, 0.29) is 24.0 Å². The summed E-state index contributed by atoms with van der Waals surface area (Å²) in [5, 5.41) is 2.96. The SMILES string of the molecule is COc1ccc(N2C(=O)CC[C@@H](C(=O)Nc3cccc(C(C)=O)c3)[C@H]2c2ccccc2)cc1. The first kappa shape index (κ1) is 22.3. The average Bonchev–Trinajstić information content (AvgIpc) is 2.84. The number of rotatable bonds is 6. The molecule has 4 rings (SSSR count). The standard InChI is InChI=1S/C27H26N2O4/c1-18(30)20-9-6-10-21(17-20)28-27(32)24-15-16-25(31)29(22-11-13-23(33-2)14-12-22)26(24)19-7-4-3-5-8-19/h3-14,17,24,26H,15-16H2,1-2H3,(H,28,32)/t24-,26-/m1/s1. The van der Waals surface area contributed by atoms with Crippen LogP contribution >= 0.6 is 0 Å². The Bertz CT molecular complexity index is 1160. The molecule has 2 atom stereocenters. The topological polar surface area (TPSA) is 75.7 Å². The second kappa shape index (κ2) is 9.69.